The number of hydrogen-bond acceptors (Lipinski definition) is 6. The number of amides is 1. The molecule has 0 aliphatic rings. The highest BCUT2D eigenvalue weighted by molar-refractivity contribution is 7.22. The Hall–Kier alpha value is -2.35. The Morgan fingerprint density at radius 2 is 2.12 bits per heavy atom. The molecule has 0 spiro atoms. The van der Waals surface area contributed by atoms with Crippen LogP contribution in [0.2, 0.25) is 10.0 Å². The number of halogens is 2. The number of carbonyl (C=O) groups is 1. The molecule has 2 aromatic carbocycles. The van der Waals surface area contributed by atoms with Gasteiger partial charge in [-0.3, -0.25) is 10.1 Å². The first-order chi connectivity index (χ1) is 12.0. The molecule has 128 valence electrons. The standard InChI is InChI=1S/C16H11Cl2N3O3S/c17-11-3-1-9(5-12(11)18)7-19-24-8-15(23)21-16-20-13-4-2-10(22)6-14(13)25-16/h1-7,22H,8H2,(H,20,21,23)/b19-7+. The van der Waals surface area contributed by atoms with E-state index in [0.29, 0.717) is 26.3 Å². The normalized spacial score (nSPS) is 11.1. The third kappa shape index (κ3) is 4.60. The van der Waals surface area contributed by atoms with Crippen molar-refractivity contribution in [2.24, 2.45) is 5.16 Å². The van der Waals surface area contributed by atoms with E-state index in [1.54, 1.807) is 30.3 Å². The van der Waals surface area contributed by atoms with Crippen LogP contribution < -0.4 is 5.32 Å². The van der Waals surface area contributed by atoms with Crippen molar-refractivity contribution in [2.45, 2.75) is 0 Å². The van der Waals surface area contributed by atoms with Crippen LogP contribution in [0.15, 0.2) is 41.6 Å². The van der Waals surface area contributed by atoms with E-state index in [9.17, 15) is 9.90 Å². The molecule has 0 unspecified atom stereocenters. The number of thiazole rings is 1. The van der Waals surface area contributed by atoms with Gasteiger partial charge in [-0.25, -0.2) is 4.98 Å². The molecule has 0 fully saturated rings. The topological polar surface area (TPSA) is 83.8 Å². The van der Waals surface area contributed by atoms with E-state index in [0.717, 1.165) is 4.70 Å². The third-order valence-corrected chi connectivity index (χ3v) is 4.71. The molecule has 3 aromatic rings. The van der Waals surface area contributed by atoms with Crippen molar-refractivity contribution in [1.29, 1.82) is 0 Å². The van der Waals surface area contributed by atoms with Gasteiger partial charge in [-0.2, -0.15) is 0 Å². The zero-order valence-corrected chi connectivity index (χ0v) is 14.9. The van der Waals surface area contributed by atoms with Crippen molar-refractivity contribution in [1.82, 2.24) is 4.98 Å². The molecule has 9 heteroatoms. The molecule has 25 heavy (non-hydrogen) atoms. The summed E-state index contributed by atoms with van der Waals surface area (Å²) in [5, 5.41) is 17.0. The molecule has 0 saturated carbocycles. The van der Waals surface area contributed by atoms with Crippen LogP contribution in [0.5, 0.6) is 5.75 Å². The summed E-state index contributed by atoms with van der Waals surface area (Å²) >= 11 is 13.0. The van der Waals surface area contributed by atoms with Crippen molar-refractivity contribution >= 4 is 62.0 Å². The van der Waals surface area contributed by atoms with Gasteiger partial charge in [0.2, 0.25) is 0 Å². The first kappa shape index (κ1) is 17.5. The lowest BCUT2D eigenvalue weighted by molar-refractivity contribution is -0.120. The fraction of sp³-hybridized carbons (Fsp3) is 0.0625. The van der Waals surface area contributed by atoms with E-state index in [-0.39, 0.29) is 12.4 Å². The van der Waals surface area contributed by atoms with Gasteiger partial charge in [0.25, 0.3) is 5.91 Å². The summed E-state index contributed by atoms with van der Waals surface area (Å²) in [5.41, 5.74) is 1.39. The summed E-state index contributed by atoms with van der Waals surface area (Å²) in [6.07, 6.45) is 1.43. The molecule has 2 N–H and O–H groups in total. The predicted octanol–water partition coefficient (Wildman–Crippen LogP) is 4.30. The van der Waals surface area contributed by atoms with Crippen molar-refractivity contribution < 1.29 is 14.7 Å². The summed E-state index contributed by atoms with van der Waals surface area (Å²) in [7, 11) is 0. The quantitative estimate of drug-likeness (QED) is 0.498. The maximum atomic E-state index is 11.8. The zero-order valence-electron chi connectivity index (χ0n) is 12.6. The highest BCUT2D eigenvalue weighted by Crippen LogP contribution is 2.28. The molecule has 1 aromatic heterocycles. The molecule has 0 radical (unpaired) electrons. The molecular formula is C16H11Cl2N3O3S. The fourth-order valence-corrected chi connectivity index (χ4v) is 3.13. The largest absolute Gasteiger partial charge is 0.508 e. The minimum atomic E-state index is -0.394. The second-order valence-corrected chi connectivity index (χ2v) is 6.75. The van der Waals surface area contributed by atoms with Crippen molar-refractivity contribution in [3.05, 3.63) is 52.0 Å². The summed E-state index contributed by atoms with van der Waals surface area (Å²) in [6.45, 7) is -0.265. The number of hydrogen-bond donors (Lipinski definition) is 2. The molecule has 3 rings (SSSR count). The number of fused-ring (bicyclic) bond motifs is 1. The summed E-state index contributed by atoms with van der Waals surface area (Å²) in [5.74, 6) is -0.247. The second kappa shape index (κ2) is 7.69. The molecule has 0 bridgehead atoms. The Kier molecular flexibility index (Phi) is 5.37. The SMILES string of the molecule is O=C(CO/N=C/c1ccc(Cl)c(Cl)c1)Nc1nc2ccc(O)cc2s1. The van der Waals surface area contributed by atoms with E-state index in [1.807, 2.05) is 0 Å². The Bertz CT molecular complexity index is 959. The van der Waals surface area contributed by atoms with Crippen LogP contribution in [0.4, 0.5) is 5.13 Å². The Balaban J connectivity index is 1.53. The van der Waals surface area contributed by atoms with Gasteiger partial charge in [-0.1, -0.05) is 45.8 Å². The number of nitrogens with one attached hydrogen (secondary N) is 1. The smallest absolute Gasteiger partial charge is 0.266 e. The highest BCUT2D eigenvalue weighted by Gasteiger charge is 2.08. The minimum Gasteiger partial charge on any atom is -0.508 e. The summed E-state index contributed by atoms with van der Waals surface area (Å²) in [4.78, 5) is 21.0. The molecule has 1 heterocycles. The van der Waals surface area contributed by atoms with E-state index in [1.165, 1.54) is 23.6 Å². The Morgan fingerprint density at radius 3 is 2.92 bits per heavy atom. The number of carbonyl (C=O) groups excluding carboxylic acids is 1. The lowest BCUT2D eigenvalue weighted by Crippen LogP contribution is -2.16. The Morgan fingerprint density at radius 1 is 1.28 bits per heavy atom. The number of nitrogens with zero attached hydrogens (tertiary/aromatic N) is 2. The van der Waals surface area contributed by atoms with E-state index in [2.05, 4.69) is 15.5 Å². The van der Waals surface area contributed by atoms with Gasteiger partial charge in [0.05, 0.1) is 26.5 Å². The van der Waals surface area contributed by atoms with Gasteiger partial charge < -0.3 is 9.94 Å². The number of rotatable bonds is 5. The lowest BCUT2D eigenvalue weighted by atomic mass is 10.2. The molecule has 0 atom stereocenters. The molecule has 0 aliphatic heterocycles. The molecular weight excluding hydrogens is 385 g/mol. The van der Waals surface area contributed by atoms with Crippen LogP contribution in [0.3, 0.4) is 0 Å². The molecule has 0 saturated heterocycles. The highest BCUT2D eigenvalue weighted by atomic mass is 35.5. The van der Waals surface area contributed by atoms with Crippen LogP contribution in [-0.2, 0) is 9.63 Å². The monoisotopic (exact) mass is 395 g/mol. The van der Waals surface area contributed by atoms with Gasteiger partial charge in [-0.15, -0.1) is 0 Å². The van der Waals surface area contributed by atoms with Gasteiger partial charge >= 0.3 is 0 Å². The van der Waals surface area contributed by atoms with Crippen molar-refractivity contribution in [3.63, 3.8) is 0 Å². The molecule has 0 aliphatic carbocycles. The van der Waals surface area contributed by atoms with Crippen LogP contribution in [0.1, 0.15) is 5.56 Å². The zero-order chi connectivity index (χ0) is 17.8. The van der Waals surface area contributed by atoms with Gasteiger partial charge in [0.1, 0.15) is 5.75 Å². The lowest BCUT2D eigenvalue weighted by Gasteiger charge is -2.00. The van der Waals surface area contributed by atoms with Crippen molar-refractivity contribution in [2.75, 3.05) is 11.9 Å². The average Bonchev–Trinajstić information content (AvgIpc) is 2.96. The van der Waals surface area contributed by atoms with Crippen LogP contribution >= 0.6 is 34.5 Å². The molecule has 1 amide bonds. The van der Waals surface area contributed by atoms with E-state index < -0.39 is 5.91 Å². The van der Waals surface area contributed by atoms with Crippen LogP contribution in [0, 0.1) is 0 Å². The van der Waals surface area contributed by atoms with Gasteiger partial charge in [0.15, 0.2) is 11.7 Å². The van der Waals surface area contributed by atoms with Crippen molar-refractivity contribution in [3.8, 4) is 5.75 Å². The van der Waals surface area contributed by atoms with Crippen LogP contribution in [0.25, 0.3) is 10.2 Å². The number of aromatic nitrogens is 1. The number of aromatic hydroxyl groups is 1. The second-order valence-electron chi connectivity index (χ2n) is 4.90. The maximum Gasteiger partial charge on any atom is 0.266 e. The maximum absolute atomic E-state index is 11.8. The van der Waals surface area contributed by atoms with E-state index in [4.69, 9.17) is 28.0 Å². The Labute approximate surface area is 156 Å². The minimum absolute atomic E-state index is 0.147. The van der Waals surface area contributed by atoms with Gasteiger partial charge in [-0.05, 0) is 35.9 Å². The van der Waals surface area contributed by atoms with Gasteiger partial charge in [0, 0.05) is 0 Å². The average molecular weight is 396 g/mol. The van der Waals surface area contributed by atoms with Crippen LogP contribution in [-0.4, -0.2) is 28.8 Å². The number of anilines is 1. The number of phenols is 1. The number of oxime groups is 1. The fourth-order valence-electron chi connectivity index (χ4n) is 1.91. The first-order valence-electron chi connectivity index (χ1n) is 7.01. The summed E-state index contributed by atoms with van der Waals surface area (Å²) < 4.78 is 0.772. The summed E-state index contributed by atoms with van der Waals surface area (Å²) in [6, 6.07) is 9.79. The number of benzene rings is 2. The molecule has 6 nitrogen and oxygen atoms in total. The number of phenolic OH excluding ortho intramolecular Hbond substituents is 1. The third-order valence-electron chi connectivity index (χ3n) is 3.03. The first-order valence-corrected chi connectivity index (χ1v) is 8.58. The predicted molar refractivity (Wildman–Crippen MR) is 99.9 cm³/mol. The van der Waals surface area contributed by atoms with E-state index >= 15 is 0 Å².